The van der Waals surface area contributed by atoms with Crippen molar-refractivity contribution in [1.29, 1.82) is 0 Å². The first-order valence-corrected chi connectivity index (χ1v) is 8.98. The van der Waals surface area contributed by atoms with E-state index in [9.17, 15) is 0 Å². The fourth-order valence-corrected chi connectivity index (χ4v) is 3.37. The predicted molar refractivity (Wildman–Crippen MR) is 101 cm³/mol. The van der Waals surface area contributed by atoms with Crippen LogP contribution in [0.25, 0.3) is 0 Å². The first-order chi connectivity index (χ1) is 12.3. The first kappa shape index (κ1) is 17.8. The average Bonchev–Trinajstić information content (AvgIpc) is 2.68. The van der Waals surface area contributed by atoms with Crippen molar-refractivity contribution in [2.75, 3.05) is 27.3 Å². The summed E-state index contributed by atoms with van der Waals surface area (Å²) in [5, 5.41) is 3.69. The topological polar surface area (TPSA) is 33.7 Å². The molecule has 0 aromatic heterocycles. The van der Waals surface area contributed by atoms with Crippen LogP contribution in [0.1, 0.15) is 24.0 Å². The van der Waals surface area contributed by atoms with Gasteiger partial charge in [0, 0.05) is 25.2 Å². The predicted octanol–water partition coefficient (Wildman–Crippen LogP) is 3.46. The zero-order valence-corrected chi connectivity index (χ0v) is 15.2. The average molecular weight is 340 g/mol. The zero-order chi connectivity index (χ0) is 17.5. The summed E-state index contributed by atoms with van der Waals surface area (Å²) in [6.45, 7) is 4.19. The molecule has 134 valence electrons. The van der Waals surface area contributed by atoms with Gasteiger partial charge in [-0.15, -0.1) is 0 Å². The van der Waals surface area contributed by atoms with Crippen LogP contribution in [-0.4, -0.2) is 38.3 Å². The number of hydrogen-bond donors (Lipinski definition) is 1. The third kappa shape index (κ3) is 5.21. The Hall–Kier alpha value is -2.04. The molecule has 1 heterocycles. The van der Waals surface area contributed by atoms with E-state index in [2.05, 4.69) is 52.7 Å². The molecule has 4 nitrogen and oxygen atoms in total. The summed E-state index contributed by atoms with van der Waals surface area (Å²) >= 11 is 0. The lowest BCUT2D eigenvalue weighted by molar-refractivity contribution is 0.190. The van der Waals surface area contributed by atoms with Crippen molar-refractivity contribution in [2.24, 2.45) is 0 Å². The molecule has 1 fully saturated rings. The van der Waals surface area contributed by atoms with Crippen molar-refractivity contribution >= 4 is 0 Å². The first-order valence-electron chi connectivity index (χ1n) is 8.98. The molecule has 0 aliphatic carbocycles. The van der Waals surface area contributed by atoms with Gasteiger partial charge in [0.1, 0.15) is 11.5 Å². The highest BCUT2D eigenvalue weighted by atomic mass is 16.5. The summed E-state index contributed by atoms with van der Waals surface area (Å²) < 4.78 is 10.7. The van der Waals surface area contributed by atoms with Crippen molar-refractivity contribution in [3.05, 3.63) is 59.7 Å². The summed E-state index contributed by atoms with van der Waals surface area (Å²) in [5.41, 5.74) is 2.60. The smallest absolute Gasteiger partial charge is 0.122 e. The van der Waals surface area contributed by atoms with Crippen LogP contribution in [0, 0.1) is 0 Å². The van der Waals surface area contributed by atoms with Crippen LogP contribution in [0.15, 0.2) is 48.5 Å². The Morgan fingerprint density at radius 2 is 1.56 bits per heavy atom. The van der Waals surface area contributed by atoms with Gasteiger partial charge in [0.15, 0.2) is 0 Å². The molecule has 2 aromatic rings. The van der Waals surface area contributed by atoms with E-state index in [4.69, 9.17) is 9.47 Å². The second kappa shape index (κ2) is 8.88. The quantitative estimate of drug-likeness (QED) is 0.837. The third-order valence-corrected chi connectivity index (χ3v) is 4.84. The van der Waals surface area contributed by atoms with E-state index in [0.717, 1.165) is 37.7 Å². The summed E-state index contributed by atoms with van der Waals surface area (Å²) in [4.78, 5) is 2.54. The Morgan fingerprint density at radius 1 is 0.920 bits per heavy atom. The Balaban J connectivity index is 1.46. The van der Waals surface area contributed by atoms with Crippen molar-refractivity contribution in [1.82, 2.24) is 10.2 Å². The van der Waals surface area contributed by atoms with Crippen LogP contribution < -0.4 is 14.8 Å². The van der Waals surface area contributed by atoms with E-state index in [0.29, 0.717) is 6.04 Å². The van der Waals surface area contributed by atoms with Gasteiger partial charge in [-0.3, -0.25) is 4.90 Å². The van der Waals surface area contributed by atoms with E-state index < -0.39 is 0 Å². The Morgan fingerprint density at radius 3 is 2.16 bits per heavy atom. The van der Waals surface area contributed by atoms with Crippen LogP contribution in [0.4, 0.5) is 0 Å². The molecule has 0 amide bonds. The molecule has 1 aliphatic heterocycles. The number of hydrogen-bond acceptors (Lipinski definition) is 4. The molecule has 0 unspecified atom stereocenters. The molecule has 2 aromatic carbocycles. The largest absolute Gasteiger partial charge is 0.497 e. The maximum absolute atomic E-state index is 5.35. The molecule has 1 saturated heterocycles. The Kier molecular flexibility index (Phi) is 6.31. The summed E-state index contributed by atoms with van der Waals surface area (Å²) in [6.07, 6.45) is 2.38. The van der Waals surface area contributed by atoms with Gasteiger partial charge in [-0.05, 0) is 49.2 Å². The fourth-order valence-electron chi connectivity index (χ4n) is 3.37. The number of likely N-dealkylation sites (tertiary alicyclic amines) is 1. The monoisotopic (exact) mass is 340 g/mol. The lowest BCUT2D eigenvalue weighted by atomic mass is 10.0. The standard InChI is InChI=1S/C21H28N2O2/c1-24-20-12-18(13-21(14-20)25-2)15-22-19-8-10-23(11-9-19)16-17-6-4-3-5-7-17/h3-7,12-14,19,22H,8-11,15-16H2,1-2H3. The number of benzene rings is 2. The van der Waals surface area contributed by atoms with E-state index in [1.54, 1.807) is 14.2 Å². The van der Waals surface area contributed by atoms with E-state index in [1.807, 2.05) is 6.07 Å². The molecule has 25 heavy (non-hydrogen) atoms. The molecular formula is C21H28N2O2. The third-order valence-electron chi connectivity index (χ3n) is 4.84. The SMILES string of the molecule is COc1cc(CNC2CCN(Cc3ccccc3)CC2)cc(OC)c1. The van der Waals surface area contributed by atoms with Crippen molar-refractivity contribution in [2.45, 2.75) is 32.0 Å². The summed E-state index contributed by atoms with van der Waals surface area (Å²) in [7, 11) is 3.38. The number of methoxy groups -OCH3 is 2. The van der Waals surface area contributed by atoms with Crippen molar-refractivity contribution in [3.8, 4) is 11.5 Å². The van der Waals surface area contributed by atoms with Gasteiger partial charge in [-0.25, -0.2) is 0 Å². The molecule has 4 heteroatoms. The second-order valence-corrected chi connectivity index (χ2v) is 6.64. The molecule has 1 N–H and O–H groups in total. The minimum atomic E-state index is 0.573. The zero-order valence-electron chi connectivity index (χ0n) is 15.2. The lowest BCUT2D eigenvalue weighted by Gasteiger charge is -2.32. The van der Waals surface area contributed by atoms with Crippen LogP contribution >= 0.6 is 0 Å². The van der Waals surface area contributed by atoms with Gasteiger partial charge in [0.2, 0.25) is 0 Å². The minimum absolute atomic E-state index is 0.573. The van der Waals surface area contributed by atoms with E-state index in [-0.39, 0.29) is 0 Å². The van der Waals surface area contributed by atoms with Gasteiger partial charge in [0.05, 0.1) is 14.2 Å². The normalized spacial score (nSPS) is 15.9. The molecule has 0 bridgehead atoms. The molecule has 0 radical (unpaired) electrons. The second-order valence-electron chi connectivity index (χ2n) is 6.64. The van der Waals surface area contributed by atoms with Crippen LogP contribution in [0.2, 0.25) is 0 Å². The van der Waals surface area contributed by atoms with Gasteiger partial charge >= 0.3 is 0 Å². The molecule has 1 aliphatic rings. The minimum Gasteiger partial charge on any atom is -0.497 e. The maximum atomic E-state index is 5.35. The van der Waals surface area contributed by atoms with Gasteiger partial charge in [-0.2, -0.15) is 0 Å². The molecule has 3 rings (SSSR count). The molecule has 0 atom stereocenters. The van der Waals surface area contributed by atoms with E-state index in [1.165, 1.54) is 24.0 Å². The molecular weight excluding hydrogens is 312 g/mol. The van der Waals surface area contributed by atoms with Gasteiger partial charge in [-0.1, -0.05) is 30.3 Å². The lowest BCUT2D eigenvalue weighted by Crippen LogP contribution is -2.41. The van der Waals surface area contributed by atoms with Crippen LogP contribution in [0.5, 0.6) is 11.5 Å². The highest BCUT2D eigenvalue weighted by Gasteiger charge is 2.18. The number of nitrogens with zero attached hydrogens (tertiary/aromatic N) is 1. The number of ether oxygens (including phenoxy) is 2. The summed E-state index contributed by atoms with van der Waals surface area (Å²) in [5.74, 6) is 1.68. The number of piperidine rings is 1. The Bertz CT molecular complexity index is 630. The van der Waals surface area contributed by atoms with Crippen LogP contribution in [-0.2, 0) is 13.1 Å². The molecule has 0 saturated carbocycles. The highest BCUT2D eigenvalue weighted by Crippen LogP contribution is 2.23. The number of nitrogens with one attached hydrogen (secondary N) is 1. The van der Waals surface area contributed by atoms with Crippen LogP contribution in [0.3, 0.4) is 0 Å². The van der Waals surface area contributed by atoms with Crippen molar-refractivity contribution < 1.29 is 9.47 Å². The Labute approximate surface area is 150 Å². The van der Waals surface area contributed by atoms with Crippen molar-refractivity contribution in [3.63, 3.8) is 0 Å². The van der Waals surface area contributed by atoms with E-state index >= 15 is 0 Å². The fraction of sp³-hybridized carbons (Fsp3) is 0.429. The molecule has 0 spiro atoms. The van der Waals surface area contributed by atoms with Gasteiger partial charge < -0.3 is 14.8 Å². The van der Waals surface area contributed by atoms with Gasteiger partial charge in [0.25, 0.3) is 0 Å². The summed E-state index contributed by atoms with van der Waals surface area (Å²) in [6, 6.07) is 17.3. The maximum Gasteiger partial charge on any atom is 0.122 e. The number of rotatable bonds is 7. The highest BCUT2D eigenvalue weighted by molar-refractivity contribution is 5.38.